The Morgan fingerprint density at radius 2 is 1.67 bits per heavy atom. The van der Waals surface area contributed by atoms with Crippen molar-refractivity contribution in [1.29, 1.82) is 0 Å². The van der Waals surface area contributed by atoms with Crippen LogP contribution in [0, 0.1) is 6.92 Å². The van der Waals surface area contributed by atoms with Gasteiger partial charge in [-0.15, -0.1) is 0 Å². The van der Waals surface area contributed by atoms with Crippen LogP contribution in [0.1, 0.15) is 29.0 Å². The van der Waals surface area contributed by atoms with Gasteiger partial charge in [-0.2, -0.15) is 0 Å². The molecule has 4 rings (SSSR count). The first-order valence-electron chi connectivity index (χ1n) is 10.5. The van der Waals surface area contributed by atoms with Crippen molar-refractivity contribution >= 4 is 23.7 Å². The van der Waals surface area contributed by atoms with Crippen molar-refractivity contribution in [2.24, 2.45) is 0 Å². The maximum atomic E-state index is 12.6. The lowest BCUT2D eigenvalue weighted by Crippen LogP contribution is -2.45. The molecule has 8 heteroatoms. The van der Waals surface area contributed by atoms with Crippen LogP contribution in [-0.4, -0.2) is 40.7 Å². The number of carbonyl (C=O) groups excluding carboxylic acids is 2. The maximum Gasteiger partial charge on any atom is 0.407 e. The maximum absolute atomic E-state index is 12.6. The van der Waals surface area contributed by atoms with E-state index in [4.69, 9.17) is 4.74 Å². The molecule has 1 aliphatic carbocycles. The first-order chi connectivity index (χ1) is 15.9. The van der Waals surface area contributed by atoms with Gasteiger partial charge in [0, 0.05) is 12.1 Å². The summed E-state index contributed by atoms with van der Waals surface area (Å²) in [7, 11) is 0. The molecule has 3 N–H and O–H groups in total. The van der Waals surface area contributed by atoms with E-state index in [-0.39, 0.29) is 12.5 Å². The molecule has 1 aromatic heterocycles. The molecular weight excluding hydrogens is 422 g/mol. The highest BCUT2D eigenvalue weighted by atomic mass is 16.5. The Labute approximate surface area is 190 Å². The highest BCUT2D eigenvalue weighted by molar-refractivity contribution is 5.98. The molecule has 2 aromatic carbocycles. The molecule has 168 valence electrons. The van der Waals surface area contributed by atoms with Gasteiger partial charge in [-0.3, -0.25) is 14.6 Å². The molecule has 2 amide bonds. The number of pyridine rings is 1. The minimum Gasteiger partial charge on any atom is -0.481 e. The Hall–Kier alpha value is -4.20. The van der Waals surface area contributed by atoms with Gasteiger partial charge in [0.05, 0.1) is 18.3 Å². The van der Waals surface area contributed by atoms with Gasteiger partial charge in [-0.1, -0.05) is 48.5 Å². The molecule has 0 fully saturated rings. The number of hydrogen-bond donors (Lipinski definition) is 3. The summed E-state index contributed by atoms with van der Waals surface area (Å²) in [5.41, 5.74) is 5.53. The summed E-state index contributed by atoms with van der Waals surface area (Å²) >= 11 is 0. The van der Waals surface area contributed by atoms with Gasteiger partial charge in [0.25, 0.3) is 0 Å². The first-order valence-corrected chi connectivity index (χ1v) is 10.5. The van der Waals surface area contributed by atoms with Gasteiger partial charge >= 0.3 is 12.1 Å². The molecule has 0 saturated carbocycles. The number of ether oxygens (including phenoxy) is 1. The fraction of sp³-hybridized carbons (Fsp3) is 0.200. The summed E-state index contributed by atoms with van der Waals surface area (Å²) in [4.78, 5) is 40.4. The number of rotatable bonds is 7. The van der Waals surface area contributed by atoms with Crippen LogP contribution in [0.2, 0.25) is 0 Å². The lowest BCUT2D eigenvalue weighted by Gasteiger charge is -2.18. The summed E-state index contributed by atoms with van der Waals surface area (Å²) in [5, 5.41) is 14.2. The molecule has 0 aliphatic heterocycles. The van der Waals surface area contributed by atoms with Gasteiger partial charge in [0.1, 0.15) is 12.6 Å². The second-order valence-electron chi connectivity index (χ2n) is 7.86. The predicted molar refractivity (Wildman–Crippen MR) is 122 cm³/mol. The van der Waals surface area contributed by atoms with Crippen LogP contribution in [0.4, 0.5) is 10.5 Å². The van der Waals surface area contributed by atoms with E-state index >= 15 is 0 Å². The van der Waals surface area contributed by atoms with Gasteiger partial charge < -0.3 is 20.5 Å². The number of aliphatic carboxylic acids is 1. The molecule has 0 saturated heterocycles. The van der Waals surface area contributed by atoms with Gasteiger partial charge in [-0.25, -0.2) is 4.79 Å². The Kier molecular flexibility index (Phi) is 6.35. The predicted octanol–water partition coefficient (Wildman–Crippen LogP) is 3.71. The lowest BCUT2D eigenvalue weighted by atomic mass is 9.98. The van der Waals surface area contributed by atoms with Crippen molar-refractivity contribution in [1.82, 2.24) is 10.3 Å². The van der Waals surface area contributed by atoms with Crippen LogP contribution >= 0.6 is 0 Å². The van der Waals surface area contributed by atoms with Gasteiger partial charge in [0.15, 0.2) is 0 Å². The van der Waals surface area contributed by atoms with Crippen molar-refractivity contribution in [2.45, 2.75) is 25.3 Å². The molecule has 1 heterocycles. The number of carboxylic acids is 1. The number of aryl methyl sites for hydroxylation is 1. The van der Waals surface area contributed by atoms with E-state index in [0.717, 1.165) is 27.8 Å². The van der Waals surface area contributed by atoms with Crippen LogP contribution in [0.3, 0.4) is 0 Å². The third-order valence-electron chi connectivity index (χ3n) is 5.47. The number of alkyl carbamates (subject to hydrolysis) is 1. The van der Waals surface area contributed by atoms with E-state index in [9.17, 15) is 19.5 Å². The molecule has 1 unspecified atom stereocenters. The van der Waals surface area contributed by atoms with Crippen LogP contribution in [-0.2, 0) is 14.3 Å². The van der Waals surface area contributed by atoms with Crippen molar-refractivity contribution in [3.05, 3.63) is 83.7 Å². The molecule has 3 aromatic rings. The molecule has 0 spiro atoms. The zero-order chi connectivity index (χ0) is 23.4. The minimum absolute atomic E-state index is 0.0586. The van der Waals surface area contributed by atoms with Crippen LogP contribution in [0.15, 0.2) is 67.0 Å². The van der Waals surface area contributed by atoms with Crippen molar-refractivity contribution in [2.75, 3.05) is 11.9 Å². The second-order valence-corrected chi connectivity index (χ2v) is 7.86. The van der Waals surface area contributed by atoms with E-state index in [1.165, 1.54) is 6.20 Å². The van der Waals surface area contributed by atoms with E-state index in [1.54, 1.807) is 12.3 Å². The van der Waals surface area contributed by atoms with Crippen LogP contribution < -0.4 is 10.6 Å². The zero-order valence-corrected chi connectivity index (χ0v) is 17.9. The molecule has 0 radical (unpaired) electrons. The molecule has 1 atom stereocenters. The summed E-state index contributed by atoms with van der Waals surface area (Å²) < 4.78 is 5.44. The minimum atomic E-state index is -1.31. The number of carboxylic acid groups (broad SMARTS) is 1. The highest BCUT2D eigenvalue weighted by Gasteiger charge is 2.30. The average molecular weight is 445 g/mol. The Bertz CT molecular complexity index is 1160. The standard InChI is InChI=1S/C25H23N3O5/c1-15-10-16(13-26-12-15)27-24(31)22(11-23(29)30)28-25(32)33-14-21-19-8-4-2-6-17(19)18-7-3-5-9-20(18)21/h2-10,12-13,21-22H,11,14H2,1H3,(H,27,31)(H,28,32)(H,29,30). The monoisotopic (exact) mass is 445 g/mol. The number of carbonyl (C=O) groups is 3. The number of hydrogen-bond acceptors (Lipinski definition) is 5. The quantitative estimate of drug-likeness (QED) is 0.510. The van der Waals surface area contributed by atoms with E-state index in [2.05, 4.69) is 15.6 Å². The largest absolute Gasteiger partial charge is 0.481 e. The summed E-state index contributed by atoms with van der Waals surface area (Å²) in [6, 6.07) is 16.2. The number of fused-ring (bicyclic) bond motifs is 3. The average Bonchev–Trinajstić information content (AvgIpc) is 3.11. The SMILES string of the molecule is Cc1cncc(NC(=O)C(CC(=O)O)NC(=O)OCC2c3ccccc3-c3ccccc32)c1. The number of nitrogens with one attached hydrogen (secondary N) is 2. The van der Waals surface area contributed by atoms with Gasteiger partial charge in [-0.05, 0) is 40.8 Å². The van der Waals surface area contributed by atoms with E-state index in [1.807, 2.05) is 55.5 Å². The molecule has 8 nitrogen and oxygen atoms in total. The zero-order valence-electron chi connectivity index (χ0n) is 17.9. The summed E-state index contributed by atoms with van der Waals surface area (Å²) in [5.74, 6) is -2.04. The highest BCUT2D eigenvalue weighted by Crippen LogP contribution is 2.44. The number of benzene rings is 2. The van der Waals surface area contributed by atoms with Crippen molar-refractivity contribution < 1.29 is 24.2 Å². The van der Waals surface area contributed by atoms with E-state index in [0.29, 0.717) is 5.69 Å². The van der Waals surface area contributed by atoms with Crippen molar-refractivity contribution in [3.63, 3.8) is 0 Å². The molecule has 1 aliphatic rings. The first kappa shape index (κ1) is 22.0. The van der Waals surface area contributed by atoms with Crippen LogP contribution in [0.5, 0.6) is 0 Å². The topological polar surface area (TPSA) is 118 Å². The molecule has 33 heavy (non-hydrogen) atoms. The molecule has 0 bridgehead atoms. The van der Waals surface area contributed by atoms with E-state index < -0.39 is 30.4 Å². The normalized spacial score (nSPS) is 12.9. The third-order valence-corrected chi connectivity index (χ3v) is 5.47. The smallest absolute Gasteiger partial charge is 0.407 e. The van der Waals surface area contributed by atoms with Crippen molar-refractivity contribution in [3.8, 4) is 11.1 Å². The fourth-order valence-electron chi connectivity index (χ4n) is 4.02. The number of aromatic nitrogens is 1. The Morgan fingerprint density at radius 1 is 1.03 bits per heavy atom. The third kappa shape index (κ3) is 5.01. The fourth-order valence-corrected chi connectivity index (χ4v) is 4.02. The number of nitrogens with zero attached hydrogens (tertiary/aromatic N) is 1. The summed E-state index contributed by atoms with van der Waals surface area (Å²) in [6.45, 7) is 1.87. The number of anilines is 1. The lowest BCUT2D eigenvalue weighted by molar-refractivity contribution is -0.139. The number of amides is 2. The Morgan fingerprint density at radius 3 is 2.27 bits per heavy atom. The van der Waals surface area contributed by atoms with Crippen LogP contribution in [0.25, 0.3) is 11.1 Å². The second kappa shape index (κ2) is 9.52. The molecular formula is C25H23N3O5. The van der Waals surface area contributed by atoms with Gasteiger partial charge in [0.2, 0.25) is 5.91 Å². The summed E-state index contributed by atoms with van der Waals surface area (Å²) in [6.07, 6.45) is 1.62. The Balaban J connectivity index is 1.43.